The van der Waals surface area contributed by atoms with E-state index in [1.54, 1.807) is 6.07 Å². The van der Waals surface area contributed by atoms with Gasteiger partial charge in [-0.1, -0.05) is 0 Å². The molecule has 0 radical (unpaired) electrons. The van der Waals surface area contributed by atoms with Gasteiger partial charge in [-0.3, -0.25) is 4.79 Å². The van der Waals surface area contributed by atoms with Crippen molar-refractivity contribution in [1.29, 1.82) is 0 Å². The minimum atomic E-state index is 0.565. The summed E-state index contributed by atoms with van der Waals surface area (Å²) >= 11 is 0. The van der Waals surface area contributed by atoms with Crippen LogP contribution in [0.5, 0.6) is 11.5 Å². The third kappa shape index (κ3) is 2.78. The first-order valence-corrected chi connectivity index (χ1v) is 6.32. The van der Waals surface area contributed by atoms with Gasteiger partial charge in [0.2, 0.25) is 0 Å². The maximum Gasteiger partial charge on any atom is 0.166 e. The maximum absolute atomic E-state index is 11.0. The lowest BCUT2D eigenvalue weighted by atomic mass is 10.2. The fraction of sp³-hybridized carbons (Fsp3) is 0.267. The van der Waals surface area contributed by atoms with Crippen LogP contribution in [0.2, 0.25) is 0 Å². The maximum atomic E-state index is 11.0. The van der Waals surface area contributed by atoms with E-state index in [0.717, 1.165) is 12.0 Å². The highest BCUT2D eigenvalue weighted by atomic mass is 16.5. The molecule has 0 unspecified atom stereocenters. The first kappa shape index (κ1) is 13.2. The molecular formula is C15H17NO3. The fourth-order valence-corrected chi connectivity index (χ4v) is 1.91. The van der Waals surface area contributed by atoms with Crippen LogP contribution in [-0.2, 0) is 0 Å². The van der Waals surface area contributed by atoms with E-state index < -0.39 is 0 Å². The predicted molar refractivity (Wildman–Crippen MR) is 73.5 cm³/mol. The average molecular weight is 259 g/mol. The highest BCUT2D eigenvalue weighted by Crippen LogP contribution is 2.30. The normalized spacial score (nSPS) is 10.2. The Kier molecular flexibility index (Phi) is 4.23. The van der Waals surface area contributed by atoms with Crippen LogP contribution in [0.4, 0.5) is 0 Å². The third-order valence-electron chi connectivity index (χ3n) is 2.71. The molecule has 0 fully saturated rings. The summed E-state index contributed by atoms with van der Waals surface area (Å²) in [6, 6.07) is 9.24. The Morgan fingerprint density at radius 2 is 1.84 bits per heavy atom. The quantitative estimate of drug-likeness (QED) is 0.748. The molecule has 4 nitrogen and oxygen atoms in total. The number of carbonyl (C=O) groups excluding carboxylic acids is 1. The van der Waals surface area contributed by atoms with E-state index in [2.05, 4.69) is 0 Å². The molecule has 0 amide bonds. The average Bonchev–Trinajstić information content (AvgIpc) is 2.89. The molecular weight excluding hydrogens is 242 g/mol. The van der Waals surface area contributed by atoms with E-state index in [1.807, 2.05) is 48.9 Å². The van der Waals surface area contributed by atoms with Crippen LogP contribution in [0.15, 0.2) is 36.5 Å². The van der Waals surface area contributed by atoms with Crippen LogP contribution in [-0.4, -0.2) is 24.1 Å². The minimum Gasteiger partial charge on any atom is -0.490 e. The molecule has 0 aliphatic heterocycles. The van der Waals surface area contributed by atoms with Crippen molar-refractivity contribution < 1.29 is 14.3 Å². The highest BCUT2D eigenvalue weighted by molar-refractivity contribution is 5.74. The van der Waals surface area contributed by atoms with Crippen molar-refractivity contribution >= 4 is 6.29 Å². The molecule has 1 aromatic heterocycles. The van der Waals surface area contributed by atoms with Gasteiger partial charge < -0.3 is 14.0 Å². The summed E-state index contributed by atoms with van der Waals surface area (Å²) in [4.78, 5) is 11.0. The summed E-state index contributed by atoms with van der Waals surface area (Å²) in [6.45, 7) is 5.01. The summed E-state index contributed by atoms with van der Waals surface area (Å²) < 4.78 is 12.9. The first-order chi connectivity index (χ1) is 9.30. The van der Waals surface area contributed by atoms with Crippen molar-refractivity contribution in [2.24, 2.45) is 0 Å². The largest absolute Gasteiger partial charge is 0.490 e. The number of benzene rings is 1. The number of aromatic nitrogens is 1. The molecule has 4 heteroatoms. The predicted octanol–water partition coefficient (Wildman–Crippen LogP) is 3.09. The van der Waals surface area contributed by atoms with Gasteiger partial charge in [0.1, 0.15) is 0 Å². The van der Waals surface area contributed by atoms with E-state index in [-0.39, 0.29) is 0 Å². The number of aldehydes is 1. The van der Waals surface area contributed by atoms with Gasteiger partial charge >= 0.3 is 0 Å². The van der Waals surface area contributed by atoms with E-state index >= 15 is 0 Å². The van der Waals surface area contributed by atoms with Gasteiger partial charge in [0, 0.05) is 18.0 Å². The standard InChI is InChI=1S/C15H17NO3/c1-3-18-14-8-7-12(10-15(14)19-4-2)16-9-5-6-13(16)11-17/h5-11H,3-4H2,1-2H3. The van der Waals surface area contributed by atoms with Crippen molar-refractivity contribution in [2.45, 2.75) is 13.8 Å². The van der Waals surface area contributed by atoms with Gasteiger partial charge in [-0.15, -0.1) is 0 Å². The molecule has 2 aromatic rings. The summed E-state index contributed by atoms with van der Waals surface area (Å²) in [5.74, 6) is 1.40. The van der Waals surface area contributed by atoms with Gasteiger partial charge in [-0.05, 0) is 38.1 Å². The minimum absolute atomic E-state index is 0.565. The zero-order chi connectivity index (χ0) is 13.7. The lowest BCUT2D eigenvalue weighted by molar-refractivity contribution is 0.111. The zero-order valence-electron chi connectivity index (χ0n) is 11.1. The summed E-state index contributed by atoms with van der Waals surface area (Å²) in [7, 11) is 0. The van der Waals surface area contributed by atoms with Crippen LogP contribution >= 0.6 is 0 Å². The van der Waals surface area contributed by atoms with Crippen LogP contribution in [0.25, 0.3) is 5.69 Å². The lowest BCUT2D eigenvalue weighted by Gasteiger charge is -2.13. The Morgan fingerprint density at radius 3 is 2.53 bits per heavy atom. The Bertz CT molecular complexity index is 560. The summed E-state index contributed by atoms with van der Waals surface area (Å²) in [5, 5.41) is 0. The third-order valence-corrected chi connectivity index (χ3v) is 2.71. The van der Waals surface area contributed by atoms with Gasteiger partial charge in [0.15, 0.2) is 17.8 Å². The van der Waals surface area contributed by atoms with E-state index in [1.165, 1.54) is 0 Å². The molecule has 2 rings (SSSR count). The monoisotopic (exact) mass is 259 g/mol. The molecule has 100 valence electrons. The number of nitrogens with zero attached hydrogens (tertiary/aromatic N) is 1. The Labute approximate surface area is 112 Å². The molecule has 1 aromatic carbocycles. The fourth-order valence-electron chi connectivity index (χ4n) is 1.91. The van der Waals surface area contributed by atoms with Gasteiger partial charge in [0.05, 0.1) is 18.9 Å². The van der Waals surface area contributed by atoms with Gasteiger partial charge in [0.25, 0.3) is 0 Å². The SMILES string of the molecule is CCOc1ccc(-n2cccc2C=O)cc1OCC. The second-order valence-corrected chi connectivity index (χ2v) is 3.92. The Morgan fingerprint density at radius 1 is 1.11 bits per heavy atom. The van der Waals surface area contributed by atoms with Crippen LogP contribution in [0.3, 0.4) is 0 Å². The smallest absolute Gasteiger partial charge is 0.166 e. The number of ether oxygens (including phenoxy) is 2. The molecule has 0 atom stereocenters. The molecule has 0 saturated heterocycles. The van der Waals surface area contributed by atoms with Gasteiger partial charge in [-0.25, -0.2) is 0 Å². The van der Waals surface area contributed by atoms with Crippen LogP contribution in [0, 0.1) is 0 Å². The van der Waals surface area contributed by atoms with Crippen molar-refractivity contribution in [3.63, 3.8) is 0 Å². The number of carbonyl (C=O) groups is 1. The highest BCUT2D eigenvalue weighted by Gasteiger charge is 2.08. The molecule has 19 heavy (non-hydrogen) atoms. The molecule has 0 spiro atoms. The zero-order valence-corrected chi connectivity index (χ0v) is 11.1. The Hall–Kier alpha value is -2.23. The Balaban J connectivity index is 2.42. The molecule has 0 aliphatic rings. The van der Waals surface area contributed by atoms with Crippen molar-refractivity contribution in [1.82, 2.24) is 4.57 Å². The molecule has 0 aliphatic carbocycles. The molecule has 0 bridgehead atoms. The van der Waals surface area contributed by atoms with Crippen LogP contribution < -0.4 is 9.47 Å². The van der Waals surface area contributed by atoms with E-state index in [9.17, 15) is 4.79 Å². The number of hydrogen-bond donors (Lipinski definition) is 0. The number of hydrogen-bond acceptors (Lipinski definition) is 3. The van der Waals surface area contributed by atoms with E-state index in [0.29, 0.717) is 30.4 Å². The van der Waals surface area contributed by atoms with E-state index in [4.69, 9.17) is 9.47 Å². The molecule has 0 saturated carbocycles. The summed E-state index contributed by atoms with van der Waals surface area (Å²) in [5.41, 5.74) is 1.48. The van der Waals surface area contributed by atoms with Crippen molar-refractivity contribution in [3.8, 4) is 17.2 Å². The first-order valence-electron chi connectivity index (χ1n) is 6.32. The van der Waals surface area contributed by atoms with Crippen molar-refractivity contribution in [3.05, 3.63) is 42.2 Å². The topological polar surface area (TPSA) is 40.5 Å². The summed E-state index contributed by atoms with van der Waals surface area (Å²) in [6.07, 6.45) is 2.67. The second kappa shape index (κ2) is 6.09. The second-order valence-electron chi connectivity index (χ2n) is 3.92. The van der Waals surface area contributed by atoms with Crippen molar-refractivity contribution in [2.75, 3.05) is 13.2 Å². The van der Waals surface area contributed by atoms with Gasteiger partial charge in [-0.2, -0.15) is 0 Å². The van der Waals surface area contributed by atoms with Crippen LogP contribution in [0.1, 0.15) is 24.3 Å². The molecule has 0 N–H and O–H groups in total. The molecule has 1 heterocycles. The number of rotatable bonds is 6. The lowest BCUT2D eigenvalue weighted by Crippen LogP contribution is -2.02.